The van der Waals surface area contributed by atoms with E-state index < -0.39 is 5.97 Å². The third-order valence-corrected chi connectivity index (χ3v) is 4.05. The van der Waals surface area contributed by atoms with Gasteiger partial charge in [0.1, 0.15) is 0 Å². The molecule has 0 aliphatic carbocycles. The molecular weight excluding hydrogens is 346 g/mol. The summed E-state index contributed by atoms with van der Waals surface area (Å²) in [7, 11) is 1.58. The summed E-state index contributed by atoms with van der Waals surface area (Å²) in [5, 5.41) is 12.0. The second-order valence-electron chi connectivity index (χ2n) is 6.07. The Kier molecular flexibility index (Phi) is 7.67. The molecule has 27 heavy (non-hydrogen) atoms. The molecule has 0 radical (unpaired) electrons. The highest BCUT2D eigenvalue weighted by molar-refractivity contribution is 5.89. The molecule has 2 N–H and O–H groups in total. The molecule has 2 aromatic carbocycles. The number of nitrogens with one attached hydrogen (secondary N) is 1. The number of amides is 1. The number of hydrogen-bond acceptors (Lipinski definition) is 4. The fraction of sp³-hybridized carbons (Fsp3) is 0.333. The predicted octanol–water partition coefficient (Wildman–Crippen LogP) is 3.43. The molecule has 0 spiro atoms. The van der Waals surface area contributed by atoms with Crippen molar-refractivity contribution in [3.8, 4) is 11.5 Å². The summed E-state index contributed by atoms with van der Waals surface area (Å²) in [5.41, 5.74) is 1.78. The molecule has 0 bridgehead atoms. The minimum Gasteiger partial charge on any atom is -0.493 e. The maximum absolute atomic E-state index is 12.1. The highest BCUT2D eigenvalue weighted by Gasteiger charge is 2.11. The van der Waals surface area contributed by atoms with Gasteiger partial charge in [-0.15, -0.1) is 0 Å². The summed E-state index contributed by atoms with van der Waals surface area (Å²) in [4.78, 5) is 23.3. The Balaban J connectivity index is 1.89. The first-order valence-corrected chi connectivity index (χ1v) is 8.92. The number of rotatable bonds is 10. The highest BCUT2D eigenvalue weighted by Crippen LogP contribution is 2.28. The van der Waals surface area contributed by atoms with Crippen LogP contribution in [0.4, 0.5) is 0 Å². The predicted molar refractivity (Wildman–Crippen MR) is 102 cm³/mol. The Hall–Kier alpha value is -3.02. The first kappa shape index (κ1) is 20.3. The van der Waals surface area contributed by atoms with Crippen molar-refractivity contribution in [2.24, 2.45) is 0 Å². The molecule has 0 aliphatic heterocycles. The third kappa shape index (κ3) is 6.02. The molecular formula is C21H25NO5. The lowest BCUT2D eigenvalue weighted by molar-refractivity contribution is -0.121. The standard InChI is InChI=1S/C21H25NO5/c1-3-12-27-18-10-8-15(13-19(18)26-2)14-22-20(23)11-9-16-6-4-5-7-17(16)21(24)25/h4-8,10,13H,3,9,11-12,14H2,1-2H3,(H,22,23)(H,24,25). The van der Waals surface area contributed by atoms with E-state index in [-0.39, 0.29) is 17.9 Å². The third-order valence-electron chi connectivity index (χ3n) is 4.05. The molecule has 0 aromatic heterocycles. The molecule has 6 heteroatoms. The fourth-order valence-electron chi connectivity index (χ4n) is 2.64. The van der Waals surface area contributed by atoms with E-state index in [2.05, 4.69) is 5.32 Å². The van der Waals surface area contributed by atoms with Gasteiger partial charge in [0, 0.05) is 13.0 Å². The molecule has 2 aromatic rings. The van der Waals surface area contributed by atoms with E-state index in [4.69, 9.17) is 9.47 Å². The van der Waals surface area contributed by atoms with Crippen LogP contribution < -0.4 is 14.8 Å². The topological polar surface area (TPSA) is 84.9 Å². The number of aryl methyl sites for hydroxylation is 1. The SMILES string of the molecule is CCCOc1ccc(CNC(=O)CCc2ccccc2C(=O)O)cc1OC. The summed E-state index contributed by atoms with van der Waals surface area (Å²) in [6, 6.07) is 12.3. The van der Waals surface area contributed by atoms with Crippen molar-refractivity contribution in [1.29, 1.82) is 0 Å². The van der Waals surface area contributed by atoms with Crippen LogP contribution in [0.2, 0.25) is 0 Å². The highest BCUT2D eigenvalue weighted by atomic mass is 16.5. The second-order valence-corrected chi connectivity index (χ2v) is 6.07. The van der Waals surface area contributed by atoms with Gasteiger partial charge in [-0.2, -0.15) is 0 Å². The van der Waals surface area contributed by atoms with Gasteiger partial charge >= 0.3 is 5.97 Å². The van der Waals surface area contributed by atoms with E-state index >= 15 is 0 Å². The van der Waals surface area contributed by atoms with Crippen molar-refractivity contribution in [2.75, 3.05) is 13.7 Å². The Morgan fingerprint density at radius 1 is 1.11 bits per heavy atom. The average Bonchev–Trinajstić information content (AvgIpc) is 2.69. The molecule has 0 heterocycles. The Morgan fingerprint density at radius 2 is 1.89 bits per heavy atom. The van der Waals surface area contributed by atoms with E-state index in [1.165, 1.54) is 0 Å². The largest absolute Gasteiger partial charge is 0.493 e. The summed E-state index contributed by atoms with van der Waals surface area (Å²) in [5.74, 6) is 0.189. The number of hydrogen-bond donors (Lipinski definition) is 2. The Morgan fingerprint density at radius 3 is 2.59 bits per heavy atom. The molecule has 6 nitrogen and oxygen atoms in total. The Bertz CT molecular complexity index is 788. The smallest absolute Gasteiger partial charge is 0.335 e. The Labute approximate surface area is 159 Å². The van der Waals surface area contributed by atoms with Gasteiger partial charge in [-0.1, -0.05) is 31.2 Å². The van der Waals surface area contributed by atoms with Gasteiger partial charge in [0.15, 0.2) is 11.5 Å². The minimum atomic E-state index is -0.983. The van der Waals surface area contributed by atoms with Crippen LogP contribution in [-0.2, 0) is 17.8 Å². The zero-order chi connectivity index (χ0) is 19.6. The number of methoxy groups -OCH3 is 1. The molecule has 0 aliphatic rings. The van der Waals surface area contributed by atoms with Crippen molar-refractivity contribution in [3.63, 3.8) is 0 Å². The number of carboxylic acid groups (broad SMARTS) is 1. The lowest BCUT2D eigenvalue weighted by Gasteiger charge is -2.12. The first-order valence-electron chi connectivity index (χ1n) is 8.92. The zero-order valence-corrected chi connectivity index (χ0v) is 15.7. The normalized spacial score (nSPS) is 10.3. The maximum atomic E-state index is 12.1. The van der Waals surface area contributed by atoms with Crippen molar-refractivity contribution >= 4 is 11.9 Å². The lowest BCUT2D eigenvalue weighted by atomic mass is 10.0. The number of benzene rings is 2. The summed E-state index contributed by atoms with van der Waals surface area (Å²) in [6.07, 6.45) is 1.51. The van der Waals surface area contributed by atoms with Gasteiger partial charge in [-0.05, 0) is 42.2 Å². The molecule has 0 atom stereocenters. The molecule has 0 unspecified atom stereocenters. The van der Waals surface area contributed by atoms with Crippen molar-refractivity contribution < 1.29 is 24.2 Å². The van der Waals surface area contributed by atoms with Gasteiger partial charge in [0.25, 0.3) is 0 Å². The van der Waals surface area contributed by atoms with E-state index in [9.17, 15) is 14.7 Å². The van der Waals surface area contributed by atoms with Crippen LogP contribution in [0, 0.1) is 0 Å². The van der Waals surface area contributed by atoms with Crippen molar-refractivity contribution in [1.82, 2.24) is 5.32 Å². The van der Waals surface area contributed by atoms with Gasteiger partial charge < -0.3 is 19.9 Å². The number of aromatic carboxylic acids is 1. The van der Waals surface area contributed by atoms with Crippen LogP contribution >= 0.6 is 0 Å². The summed E-state index contributed by atoms with van der Waals surface area (Å²) < 4.78 is 11.0. The van der Waals surface area contributed by atoms with Gasteiger partial charge in [-0.3, -0.25) is 4.79 Å². The molecule has 1 amide bonds. The zero-order valence-electron chi connectivity index (χ0n) is 15.7. The molecule has 0 saturated heterocycles. The summed E-state index contributed by atoms with van der Waals surface area (Å²) >= 11 is 0. The van der Waals surface area contributed by atoms with Crippen LogP contribution in [0.25, 0.3) is 0 Å². The molecule has 0 saturated carbocycles. The molecule has 0 fully saturated rings. The van der Waals surface area contributed by atoms with Crippen LogP contribution in [0.3, 0.4) is 0 Å². The van der Waals surface area contributed by atoms with E-state index in [1.54, 1.807) is 31.4 Å². The van der Waals surface area contributed by atoms with Crippen LogP contribution in [0.1, 0.15) is 41.3 Å². The summed E-state index contributed by atoms with van der Waals surface area (Å²) in [6.45, 7) is 3.01. The van der Waals surface area contributed by atoms with Crippen molar-refractivity contribution in [3.05, 3.63) is 59.2 Å². The fourth-order valence-corrected chi connectivity index (χ4v) is 2.64. The van der Waals surface area contributed by atoms with Gasteiger partial charge in [-0.25, -0.2) is 4.79 Å². The average molecular weight is 371 g/mol. The number of ether oxygens (including phenoxy) is 2. The van der Waals surface area contributed by atoms with Crippen LogP contribution in [0.5, 0.6) is 11.5 Å². The quantitative estimate of drug-likeness (QED) is 0.668. The van der Waals surface area contributed by atoms with Crippen LogP contribution in [0.15, 0.2) is 42.5 Å². The van der Waals surface area contributed by atoms with E-state index in [0.717, 1.165) is 12.0 Å². The molecule has 144 valence electrons. The van der Waals surface area contributed by atoms with Gasteiger partial charge in [0.2, 0.25) is 5.91 Å². The van der Waals surface area contributed by atoms with E-state index in [0.29, 0.717) is 36.6 Å². The molecule has 2 rings (SSSR count). The number of carboxylic acids is 1. The minimum absolute atomic E-state index is 0.138. The van der Waals surface area contributed by atoms with Gasteiger partial charge in [0.05, 0.1) is 19.3 Å². The monoisotopic (exact) mass is 371 g/mol. The van der Waals surface area contributed by atoms with Crippen LogP contribution in [-0.4, -0.2) is 30.7 Å². The second kappa shape index (κ2) is 10.2. The maximum Gasteiger partial charge on any atom is 0.335 e. The first-order chi connectivity index (χ1) is 13.0. The van der Waals surface area contributed by atoms with Crippen molar-refractivity contribution in [2.45, 2.75) is 32.7 Å². The number of carbonyl (C=O) groups is 2. The van der Waals surface area contributed by atoms with E-state index in [1.807, 2.05) is 25.1 Å². The lowest BCUT2D eigenvalue weighted by Crippen LogP contribution is -2.23. The number of carbonyl (C=O) groups excluding carboxylic acids is 1.